The predicted octanol–water partition coefficient (Wildman–Crippen LogP) is 5.33. The lowest BCUT2D eigenvalue weighted by Crippen LogP contribution is -2.42. The molecule has 1 fully saturated rings. The van der Waals surface area contributed by atoms with E-state index in [1.54, 1.807) is 11.8 Å². The first-order chi connectivity index (χ1) is 9.77. The van der Waals surface area contributed by atoms with Gasteiger partial charge in [-0.2, -0.15) is 0 Å². The van der Waals surface area contributed by atoms with E-state index in [2.05, 4.69) is 43.8 Å². The fraction of sp³-hybridized carbons (Fsp3) is 0.167. The van der Waals surface area contributed by atoms with Crippen LogP contribution >= 0.6 is 11.8 Å². The molecule has 0 unspecified atom stereocenters. The average Bonchev–Trinajstić information content (AvgIpc) is 2.50. The topological polar surface area (TPSA) is 12.4 Å². The molecule has 2 aromatic carbocycles. The first-order valence-corrected chi connectivity index (χ1v) is 7.66. The van der Waals surface area contributed by atoms with Crippen LogP contribution in [0.25, 0.3) is 0 Å². The Balaban J connectivity index is 2.05. The first-order valence-electron chi connectivity index (χ1n) is 6.84. The van der Waals surface area contributed by atoms with Crippen molar-refractivity contribution in [3.05, 3.63) is 77.7 Å². The van der Waals surface area contributed by atoms with Gasteiger partial charge in [0.05, 0.1) is 16.1 Å². The third-order valence-electron chi connectivity index (χ3n) is 3.84. The van der Waals surface area contributed by atoms with Crippen molar-refractivity contribution in [1.29, 1.82) is 0 Å². The normalized spacial score (nSPS) is 23.6. The number of allylic oxidation sites excluding steroid dienone is 1. The minimum atomic E-state index is -0.0955. The van der Waals surface area contributed by atoms with Gasteiger partial charge in [-0.1, -0.05) is 73.8 Å². The molecule has 1 nitrogen and oxygen atoms in total. The van der Waals surface area contributed by atoms with Crippen molar-refractivity contribution < 1.29 is 0 Å². The Bertz CT molecular complexity index is 646. The Morgan fingerprint density at radius 3 is 2.15 bits per heavy atom. The van der Waals surface area contributed by atoms with Gasteiger partial charge in [0, 0.05) is 4.91 Å². The summed E-state index contributed by atoms with van der Waals surface area (Å²) in [6.45, 7) is 6.44. The summed E-state index contributed by atoms with van der Waals surface area (Å²) in [7, 11) is 0. The van der Waals surface area contributed by atoms with Gasteiger partial charge in [-0.15, -0.1) is 0 Å². The molecular formula is C18H17NS. The molecule has 1 aliphatic heterocycles. The molecule has 1 heterocycles. The smallest absolute Gasteiger partial charge is 0.0938 e. The van der Waals surface area contributed by atoms with E-state index < -0.39 is 0 Å². The number of rotatable bonds is 3. The SMILES string of the molecule is C=C1SC(=Nc2ccccc2)[C@]1(CC)c1ccccc1. The molecule has 0 bridgehead atoms. The molecule has 2 heteroatoms. The highest BCUT2D eigenvalue weighted by atomic mass is 32.2. The molecule has 1 aliphatic rings. The zero-order valence-corrected chi connectivity index (χ0v) is 12.4. The van der Waals surface area contributed by atoms with E-state index in [1.807, 2.05) is 30.3 Å². The van der Waals surface area contributed by atoms with E-state index in [0.29, 0.717) is 0 Å². The number of hydrogen-bond donors (Lipinski definition) is 0. The fourth-order valence-corrected chi connectivity index (χ4v) is 3.99. The summed E-state index contributed by atoms with van der Waals surface area (Å²) in [6.07, 6.45) is 0.995. The van der Waals surface area contributed by atoms with Gasteiger partial charge < -0.3 is 0 Å². The molecule has 0 spiro atoms. The Morgan fingerprint density at radius 1 is 1.00 bits per heavy atom. The molecule has 1 atom stereocenters. The summed E-state index contributed by atoms with van der Waals surface area (Å²) in [4.78, 5) is 6.03. The van der Waals surface area contributed by atoms with Crippen LogP contribution in [0.1, 0.15) is 18.9 Å². The minimum absolute atomic E-state index is 0.0955. The number of nitrogens with zero attached hydrogens (tertiary/aromatic N) is 1. The standard InChI is InChI=1S/C18H17NS/c1-3-18(15-10-6-4-7-11-15)14(2)20-17(18)19-16-12-8-5-9-13-16/h4-13H,2-3H2,1H3/t18-/m0/s1. The molecule has 0 saturated carbocycles. The highest BCUT2D eigenvalue weighted by Crippen LogP contribution is 2.55. The largest absolute Gasteiger partial charge is 0.245 e. The Kier molecular flexibility index (Phi) is 3.49. The number of benzene rings is 2. The number of hydrogen-bond acceptors (Lipinski definition) is 2. The molecule has 0 N–H and O–H groups in total. The molecule has 0 radical (unpaired) electrons. The Hall–Kier alpha value is -1.80. The maximum Gasteiger partial charge on any atom is 0.0938 e. The molecule has 3 rings (SSSR count). The van der Waals surface area contributed by atoms with Crippen molar-refractivity contribution in [2.75, 3.05) is 0 Å². The van der Waals surface area contributed by atoms with Gasteiger partial charge in [-0.25, -0.2) is 4.99 Å². The lowest BCUT2D eigenvalue weighted by atomic mass is 9.77. The lowest BCUT2D eigenvalue weighted by molar-refractivity contribution is 0.672. The molecule has 1 saturated heterocycles. The average molecular weight is 279 g/mol. The van der Waals surface area contributed by atoms with Crippen molar-refractivity contribution in [2.24, 2.45) is 4.99 Å². The van der Waals surface area contributed by atoms with Crippen molar-refractivity contribution in [2.45, 2.75) is 18.8 Å². The zero-order chi connectivity index (χ0) is 14.0. The Labute approximate surface area is 124 Å². The van der Waals surface area contributed by atoms with Gasteiger partial charge >= 0.3 is 0 Å². The summed E-state index contributed by atoms with van der Waals surface area (Å²) < 4.78 is 0. The fourth-order valence-electron chi connectivity index (χ4n) is 2.66. The van der Waals surface area contributed by atoms with E-state index in [4.69, 9.17) is 4.99 Å². The van der Waals surface area contributed by atoms with E-state index in [-0.39, 0.29) is 5.41 Å². The van der Waals surface area contributed by atoms with Gasteiger partial charge in [-0.05, 0) is 24.1 Å². The second kappa shape index (κ2) is 5.29. The van der Waals surface area contributed by atoms with Gasteiger partial charge in [-0.3, -0.25) is 0 Å². The lowest BCUT2D eigenvalue weighted by Gasteiger charge is -2.44. The molecular weight excluding hydrogens is 262 g/mol. The summed E-state index contributed by atoms with van der Waals surface area (Å²) in [5.74, 6) is 0. The van der Waals surface area contributed by atoms with Crippen molar-refractivity contribution in [3.63, 3.8) is 0 Å². The van der Waals surface area contributed by atoms with Crippen molar-refractivity contribution in [3.8, 4) is 0 Å². The number of para-hydroxylation sites is 1. The van der Waals surface area contributed by atoms with Crippen LogP contribution in [0.4, 0.5) is 5.69 Å². The quantitative estimate of drug-likeness (QED) is 0.740. The van der Waals surface area contributed by atoms with Crippen molar-refractivity contribution in [1.82, 2.24) is 0 Å². The van der Waals surface area contributed by atoms with Gasteiger partial charge in [0.1, 0.15) is 0 Å². The van der Waals surface area contributed by atoms with E-state index in [1.165, 1.54) is 10.5 Å². The third-order valence-corrected chi connectivity index (χ3v) is 5.07. The van der Waals surface area contributed by atoms with Crippen LogP contribution in [-0.4, -0.2) is 5.04 Å². The Morgan fingerprint density at radius 2 is 1.60 bits per heavy atom. The van der Waals surface area contributed by atoms with Crippen LogP contribution in [0.2, 0.25) is 0 Å². The van der Waals surface area contributed by atoms with Crippen LogP contribution in [0.15, 0.2) is 77.1 Å². The zero-order valence-electron chi connectivity index (χ0n) is 11.5. The van der Waals surface area contributed by atoms with Gasteiger partial charge in [0.15, 0.2) is 0 Å². The van der Waals surface area contributed by atoms with Gasteiger partial charge in [0.2, 0.25) is 0 Å². The van der Waals surface area contributed by atoms with Crippen LogP contribution in [0.5, 0.6) is 0 Å². The van der Waals surface area contributed by atoms with Crippen LogP contribution in [-0.2, 0) is 5.41 Å². The maximum absolute atomic E-state index is 4.83. The first kappa shape index (κ1) is 13.2. The maximum atomic E-state index is 4.83. The van der Waals surface area contributed by atoms with E-state index in [0.717, 1.165) is 17.2 Å². The van der Waals surface area contributed by atoms with Crippen LogP contribution < -0.4 is 0 Å². The molecule has 2 aromatic rings. The predicted molar refractivity (Wildman–Crippen MR) is 88.7 cm³/mol. The molecule has 100 valence electrons. The molecule has 0 amide bonds. The highest BCUT2D eigenvalue weighted by Gasteiger charge is 2.48. The highest BCUT2D eigenvalue weighted by molar-refractivity contribution is 8.20. The molecule has 20 heavy (non-hydrogen) atoms. The van der Waals surface area contributed by atoms with E-state index in [9.17, 15) is 0 Å². The second-order valence-electron chi connectivity index (χ2n) is 4.90. The van der Waals surface area contributed by atoms with Crippen molar-refractivity contribution >= 4 is 22.5 Å². The summed E-state index contributed by atoms with van der Waals surface area (Å²) in [5.41, 5.74) is 2.21. The summed E-state index contributed by atoms with van der Waals surface area (Å²) in [6, 6.07) is 20.7. The van der Waals surface area contributed by atoms with E-state index >= 15 is 0 Å². The summed E-state index contributed by atoms with van der Waals surface area (Å²) >= 11 is 1.71. The third kappa shape index (κ3) is 2.01. The van der Waals surface area contributed by atoms with Crippen LogP contribution in [0, 0.1) is 0 Å². The molecule has 0 aromatic heterocycles. The molecule has 0 aliphatic carbocycles. The monoisotopic (exact) mass is 279 g/mol. The van der Waals surface area contributed by atoms with Gasteiger partial charge in [0.25, 0.3) is 0 Å². The van der Waals surface area contributed by atoms with Crippen LogP contribution in [0.3, 0.4) is 0 Å². The second-order valence-corrected chi connectivity index (χ2v) is 5.99. The number of aliphatic imine (C=N–C) groups is 1. The minimum Gasteiger partial charge on any atom is -0.245 e. The number of thioether (sulfide) groups is 1. The summed E-state index contributed by atoms with van der Waals surface area (Å²) in [5, 5.41) is 1.16.